The summed E-state index contributed by atoms with van der Waals surface area (Å²) in [5.41, 5.74) is 2.98. The molecule has 0 atom stereocenters. The van der Waals surface area contributed by atoms with Gasteiger partial charge < -0.3 is 9.47 Å². The number of pyridine rings is 2. The molecule has 4 rings (SSSR count). The minimum absolute atomic E-state index is 0.0395. The van der Waals surface area contributed by atoms with E-state index < -0.39 is 0 Å². The monoisotopic (exact) mass is 524 g/mol. The number of ether oxygens (including phenoxy) is 2. The zero-order valence-corrected chi connectivity index (χ0v) is 20.6. The summed E-state index contributed by atoms with van der Waals surface area (Å²) in [4.78, 5) is 39.5. The van der Waals surface area contributed by atoms with Crippen LogP contribution in [-0.4, -0.2) is 32.9 Å². The Morgan fingerprint density at radius 1 is 0.769 bits per heavy atom. The van der Waals surface area contributed by atoms with Crippen molar-refractivity contribution >= 4 is 24.3 Å². The number of nitrogens with zero attached hydrogens (tertiary/aromatic N) is 4. The summed E-state index contributed by atoms with van der Waals surface area (Å²) in [6.07, 6.45) is 7.86. The fourth-order valence-corrected chi connectivity index (χ4v) is 3.69. The van der Waals surface area contributed by atoms with Gasteiger partial charge in [0.1, 0.15) is 12.1 Å². The van der Waals surface area contributed by atoms with E-state index in [1.165, 1.54) is 29.8 Å². The lowest BCUT2D eigenvalue weighted by molar-refractivity contribution is -0.121. The van der Waals surface area contributed by atoms with Gasteiger partial charge in [0.05, 0.1) is 33.2 Å². The number of terminal acetylenes is 1. The van der Waals surface area contributed by atoms with E-state index in [4.69, 9.17) is 15.9 Å². The first-order valence-corrected chi connectivity index (χ1v) is 11.7. The van der Waals surface area contributed by atoms with Gasteiger partial charge in [-0.15, -0.1) is 17.8 Å². The van der Waals surface area contributed by atoms with Crippen LogP contribution in [0.3, 0.4) is 0 Å². The number of carbonyl (C=O) groups is 2. The van der Waals surface area contributed by atoms with Crippen LogP contribution < -0.4 is 9.47 Å². The molecule has 4 aromatic rings. The van der Waals surface area contributed by atoms with E-state index in [9.17, 15) is 9.59 Å². The molecule has 0 unspecified atom stereocenters. The highest BCUT2D eigenvalue weighted by molar-refractivity contribution is 7.10. The molecule has 8 nitrogen and oxygen atoms in total. The van der Waals surface area contributed by atoms with Crippen molar-refractivity contribution in [3.8, 4) is 94.1 Å². The van der Waals surface area contributed by atoms with E-state index in [2.05, 4.69) is 73.2 Å². The molecule has 0 spiro atoms. The van der Waals surface area contributed by atoms with E-state index in [0.717, 1.165) is 10.4 Å². The van der Waals surface area contributed by atoms with E-state index >= 15 is 0 Å². The van der Waals surface area contributed by atoms with Gasteiger partial charge in [0.2, 0.25) is 5.88 Å². The second-order valence-corrected chi connectivity index (χ2v) is 7.90. The molecule has 0 aromatic carbocycles. The fourth-order valence-electron chi connectivity index (χ4n) is 3.00. The van der Waals surface area contributed by atoms with Gasteiger partial charge in [0.15, 0.2) is 0 Å². The summed E-state index contributed by atoms with van der Waals surface area (Å²) in [6.45, 7) is 0.558. The third kappa shape index (κ3) is 7.17. The summed E-state index contributed by atoms with van der Waals surface area (Å²) >= 11 is 1.45. The van der Waals surface area contributed by atoms with Gasteiger partial charge in [0, 0.05) is 30.0 Å². The number of carbonyl (C=O) groups excluding carboxylic acids is 2. The molecule has 0 N–H and O–H groups in total. The van der Waals surface area contributed by atoms with Crippen LogP contribution >= 0.6 is 11.3 Å². The van der Waals surface area contributed by atoms with Crippen LogP contribution in [0, 0.1) is 59.7 Å². The number of aromatic nitrogens is 4. The van der Waals surface area contributed by atoms with Crippen LogP contribution in [0.25, 0.3) is 22.8 Å². The Morgan fingerprint density at radius 3 is 2.33 bits per heavy atom. The zero-order chi connectivity index (χ0) is 27.3. The van der Waals surface area contributed by atoms with E-state index in [1.54, 1.807) is 24.4 Å². The maximum atomic E-state index is 11.0. The largest absolute Gasteiger partial charge is 0.429 e. The summed E-state index contributed by atoms with van der Waals surface area (Å²) in [7, 11) is 0. The average molecular weight is 525 g/mol. The topological polar surface area (TPSA) is 104 Å². The van der Waals surface area contributed by atoms with Gasteiger partial charge in [-0.05, 0) is 65.0 Å². The highest BCUT2D eigenvalue weighted by Crippen LogP contribution is 2.28. The summed E-state index contributed by atoms with van der Waals surface area (Å²) in [5, 5.41) is 1.89. The average Bonchev–Trinajstić information content (AvgIpc) is 3.41. The van der Waals surface area contributed by atoms with Gasteiger partial charge in [-0.2, -0.15) is 0 Å². The molecule has 39 heavy (non-hydrogen) atoms. The zero-order valence-electron chi connectivity index (χ0n) is 19.8. The Kier molecular flexibility index (Phi) is 8.78. The molecular formula is C30H12N4O4S. The molecule has 0 fully saturated rings. The predicted octanol–water partition coefficient (Wildman–Crippen LogP) is 3.12. The molecule has 4 heterocycles. The molecule has 0 aliphatic heterocycles. The second kappa shape index (κ2) is 13.2. The minimum atomic E-state index is 0.0395. The van der Waals surface area contributed by atoms with Gasteiger partial charge in [-0.25, -0.2) is 15.0 Å². The van der Waals surface area contributed by atoms with Crippen LogP contribution in [0.2, 0.25) is 0 Å². The highest BCUT2D eigenvalue weighted by atomic mass is 32.1. The van der Waals surface area contributed by atoms with Crippen molar-refractivity contribution < 1.29 is 19.1 Å². The lowest BCUT2D eigenvalue weighted by Crippen LogP contribution is -1.98. The van der Waals surface area contributed by atoms with Gasteiger partial charge in [-0.1, -0.05) is 11.8 Å². The Balaban J connectivity index is 1.65. The van der Waals surface area contributed by atoms with Crippen molar-refractivity contribution in [2.45, 2.75) is 0 Å². The van der Waals surface area contributed by atoms with Crippen LogP contribution in [0.15, 0.2) is 54.3 Å². The first kappa shape index (κ1) is 25.9. The maximum Gasteiger partial charge on any atom is 0.299 e. The summed E-state index contributed by atoms with van der Waals surface area (Å²) < 4.78 is 9.85. The molecule has 9 heteroatoms. The number of thiophene rings is 1. The molecule has 0 amide bonds. The first-order valence-electron chi connectivity index (χ1n) is 10.8. The smallest absolute Gasteiger partial charge is 0.299 e. The van der Waals surface area contributed by atoms with Crippen molar-refractivity contribution in [2.24, 2.45) is 0 Å². The molecule has 182 valence electrons. The normalized spacial score (nSPS) is 8.90. The molecule has 0 aliphatic carbocycles. The minimum Gasteiger partial charge on any atom is -0.429 e. The molecule has 0 saturated heterocycles. The summed E-state index contributed by atoms with van der Waals surface area (Å²) in [5.74, 6) is 24.4. The Labute approximate surface area is 227 Å². The number of hydrogen-bond donors (Lipinski definition) is 0. The van der Waals surface area contributed by atoms with Crippen molar-refractivity contribution in [3.63, 3.8) is 0 Å². The molecule has 4 aromatic heterocycles. The second-order valence-electron chi connectivity index (χ2n) is 6.98. The number of hydrogen-bond acceptors (Lipinski definition) is 9. The maximum absolute atomic E-state index is 11.0. The van der Waals surface area contributed by atoms with Crippen molar-refractivity contribution in [1.29, 1.82) is 0 Å². The lowest BCUT2D eigenvalue weighted by Gasteiger charge is -2.08. The van der Waals surface area contributed by atoms with E-state index in [-0.39, 0.29) is 18.1 Å². The Morgan fingerprint density at radius 2 is 1.54 bits per heavy atom. The summed E-state index contributed by atoms with van der Waals surface area (Å²) in [6, 6.07) is 9.86. The van der Waals surface area contributed by atoms with Gasteiger partial charge in [-0.3, -0.25) is 14.6 Å². The van der Waals surface area contributed by atoms with Crippen molar-refractivity contribution in [1.82, 2.24) is 19.9 Å². The van der Waals surface area contributed by atoms with Crippen LogP contribution in [0.1, 0.15) is 16.0 Å². The molecular weight excluding hydrogens is 512 g/mol. The molecule has 0 saturated carbocycles. The Hall–Kier alpha value is -6.18. The van der Waals surface area contributed by atoms with Crippen LogP contribution in [0.4, 0.5) is 0 Å². The lowest BCUT2D eigenvalue weighted by atomic mass is 10.1. The van der Waals surface area contributed by atoms with Crippen LogP contribution in [0.5, 0.6) is 11.6 Å². The first-order chi connectivity index (χ1) is 19.2. The highest BCUT2D eigenvalue weighted by Gasteiger charge is 2.12. The van der Waals surface area contributed by atoms with Gasteiger partial charge in [0.25, 0.3) is 12.9 Å². The van der Waals surface area contributed by atoms with Crippen molar-refractivity contribution in [2.75, 3.05) is 0 Å². The van der Waals surface area contributed by atoms with E-state index in [0.29, 0.717) is 34.8 Å². The standard InChI is InChI=1S/C30H12N4O4S/c1-2-3-4-5-6-7-8-23-12-14-39-29(23)10-9-22-11-13-31-25(15-22)27-16-24(37-20-35)17-28(34-27)26-18-30(38-21-36)33-19-32-26/h1,11-21H. The SMILES string of the molecule is C#CC#CC#CC#Cc1ccsc1C#Cc1ccnc(-c2cc(OC=O)cc(-c3cc(OC=O)ncn3)n2)c1. The molecule has 0 radical (unpaired) electrons. The quantitative estimate of drug-likeness (QED) is 0.280. The van der Waals surface area contributed by atoms with Crippen LogP contribution in [-0.2, 0) is 9.59 Å². The third-order valence-corrected chi connectivity index (χ3v) is 5.41. The molecule has 0 bridgehead atoms. The Bertz CT molecular complexity index is 1860. The predicted molar refractivity (Wildman–Crippen MR) is 143 cm³/mol. The van der Waals surface area contributed by atoms with Gasteiger partial charge >= 0.3 is 0 Å². The third-order valence-electron chi connectivity index (χ3n) is 4.58. The van der Waals surface area contributed by atoms with E-state index in [1.807, 2.05) is 11.4 Å². The number of rotatable bonds is 6. The fraction of sp³-hybridized carbons (Fsp3) is 0. The molecule has 0 aliphatic rings. The van der Waals surface area contributed by atoms with Crippen molar-refractivity contribution in [3.05, 3.63) is 70.3 Å².